The van der Waals surface area contributed by atoms with Crippen LogP contribution in [0.4, 0.5) is 0 Å². The van der Waals surface area contributed by atoms with Gasteiger partial charge in [-0.2, -0.15) is 5.26 Å². The van der Waals surface area contributed by atoms with Crippen molar-refractivity contribution in [3.8, 4) is 6.07 Å². The third-order valence-corrected chi connectivity index (χ3v) is 4.63. The van der Waals surface area contributed by atoms with Gasteiger partial charge in [-0.25, -0.2) is 0 Å². The van der Waals surface area contributed by atoms with Crippen LogP contribution >= 0.6 is 12.2 Å². The minimum atomic E-state index is -0.533. The van der Waals surface area contributed by atoms with Gasteiger partial charge in [0.1, 0.15) is 10.8 Å². The molecule has 0 aliphatic carbocycles. The molecule has 5 nitrogen and oxygen atoms in total. The molecule has 20 heavy (non-hydrogen) atoms. The summed E-state index contributed by atoms with van der Waals surface area (Å²) in [7, 11) is 0. The first kappa shape index (κ1) is 14.7. The number of hydrogen-bond donors (Lipinski definition) is 3. The van der Waals surface area contributed by atoms with Crippen LogP contribution in [-0.2, 0) is 0 Å². The number of piperidine rings is 1. The summed E-state index contributed by atoms with van der Waals surface area (Å²) >= 11 is 5.27. The lowest BCUT2D eigenvalue weighted by Gasteiger charge is -2.45. The zero-order valence-corrected chi connectivity index (χ0v) is 12.6. The van der Waals surface area contributed by atoms with Gasteiger partial charge in [0.2, 0.25) is 0 Å². The molecule has 0 atom stereocenters. The average Bonchev–Trinajstić information content (AvgIpc) is 2.39. The maximum atomic E-state index is 9.47. The van der Waals surface area contributed by atoms with Gasteiger partial charge in [0, 0.05) is 11.5 Å². The molecule has 0 saturated carbocycles. The lowest BCUT2D eigenvalue weighted by Crippen LogP contribution is -2.51. The Morgan fingerprint density at radius 2 is 2.05 bits per heavy atom. The molecule has 2 aliphatic heterocycles. The monoisotopic (exact) mass is 289 g/mol. The van der Waals surface area contributed by atoms with Gasteiger partial charge in [0.05, 0.1) is 17.2 Å². The Morgan fingerprint density at radius 1 is 1.45 bits per heavy atom. The highest BCUT2D eigenvalue weighted by Gasteiger charge is 2.47. The van der Waals surface area contributed by atoms with Crippen LogP contribution < -0.4 is 11.1 Å². The number of rotatable bonds is 1. The fourth-order valence-corrected chi connectivity index (χ4v) is 3.47. The second kappa shape index (κ2) is 5.37. The van der Waals surface area contributed by atoms with Crippen LogP contribution in [0.3, 0.4) is 0 Å². The second-order valence-corrected chi connectivity index (χ2v) is 5.97. The Balaban J connectivity index is 2.46. The molecule has 2 rings (SSSR count). The number of nitriles is 1. The molecule has 0 radical (unpaired) electrons. The van der Waals surface area contributed by atoms with E-state index in [-0.39, 0.29) is 0 Å². The van der Waals surface area contributed by atoms with E-state index in [0.717, 1.165) is 25.9 Å². The molecule has 0 amide bonds. The van der Waals surface area contributed by atoms with E-state index in [4.69, 9.17) is 23.4 Å². The number of nitrogens with zero attached hydrogens (tertiary/aromatic N) is 2. The van der Waals surface area contributed by atoms with Gasteiger partial charge in [-0.1, -0.05) is 12.2 Å². The SMILES string of the molecule is CC(C)N1CCC2(CC1)C(=C=N)C(=S)NC(N)=C2C#N. The van der Waals surface area contributed by atoms with Crippen molar-refractivity contribution in [2.75, 3.05) is 13.1 Å². The Bertz CT molecular complexity index is 555. The summed E-state index contributed by atoms with van der Waals surface area (Å²) in [5, 5.41) is 19.8. The highest BCUT2D eigenvalue weighted by molar-refractivity contribution is 7.80. The number of nitrogens with one attached hydrogen (secondary N) is 2. The van der Waals surface area contributed by atoms with E-state index in [1.165, 1.54) is 0 Å². The van der Waals surface area contributed by atoms with E-state index in [1.54, 1.807) is 0 Å². The van der Waals surface area contributed by atoms with Crippen LogP contribution in [0, 0.1) is 22.2 Å². The van der Waals surface area contributed by atoms with Crippen LogP contribution in [0.15, 0.2) is 17.0 Å². The van der Waals surface area contributed by atoms with E-state index >= 15 is 0 Å². The lowest BCUT2D eigenvalue weighted by atomic mass is 9.66. The van der Waals surface area contributed by atoms with Crippen LogP contribution in [0.5, 0.6) is 0 Å². The Morgan fingerprint density at radius 3 is 2.50 bits per heavy atom. The largest absolute Gasteiger partial charge is 0.384 e. The van der Waals surface area contributed by atoms with Crippen molar-refractivity contribution in [2.24, 2.45) is 11.1 Å². The van der Waals surface area contributed by atoms with Gasteiger partial charge in [-0.3, -0.25) is 5.41 Å². The summed E-state index contributed by atoms with van der Waals surface area (Å²) < 4.78 is 0. The Labute approximate surface area is 124 Å². The second-order valence-electron chi connectivity index (χ2n) is 5.57. The van der Waals surface area contributed by atoms with Gasteiger partial charge in [0.15, 0.2) is 0 Å². The predicted octanol–water partition coefficient (Wildman–Crippen LogP) is 1.28. The number of thiocarbonyl (C=S) groups is 1. The Kier molecular flexibility index (Phi) is 3.96. The van der Waals surface area contributed by atoms with Crippen molar-refractivity contribution >= 4 is 23.1 Å². The molecule has 106 valence electrons. The van der Waals surface area contributed by atoms with Crippen LogP contribution in [0.1, 0.15) is 26.7 Å². The smallest absolute Gasteiger partial charge is 0.118 e. The molecule has 2 aliphatic rings. The minimum Gasteiger partial charge on any atom is -0.384 e. The van der Waals surface area contributed by atoms with Gasteiger partial charge >= 0.3 is 0 Å². The zero-order chi connectivity index (χ0) is 14.9. The first-order chi connectivity index (χ1) is 9.46. The minimum absolute atomic E-state index is 0.328. The normalized spacial score (nSPS) is 22.7. The Hall–Kier alpha value is -1.67. The summed E-state index contributed by atoms with van der Waals surface area (Å²) in [5.74, 6) is 2.77. The summed E-state index contributed by atoms with van der Waals surface area (Å²) in [6, 6.07) is 2.69. The molecule has 0 unspecified atom stereocenters. The number of nitrogens with two attached hydrogens (primary N) is 1. The summed E-state index contributed by atoms with van der Waals surface area (Å²) in [6.07, 6.45) is 1.50. The summed E-state index contributed by atoms with van der Waals surface area (Å²) in [6.45, 7) is 6.05. The highest BCUT2D eigenvalue weighted by Crippen LogP contribution is 2.46. The molecule has 0 aromatic heterocycles. The van der Waals surface area contributed by atoms with E-state index in [1.807, 2.05) is 0 Å². The third-order valence-electron chi connectivity index (χ3n) is 4.32. The van der Waals surface area contributed by atoms with Crippen LogP contribution in [0.25, 0.3) is 0 Å². The van der Waals surface area contributed by atoms with Crippen molar-refractivity contribution in [1.29, 1.82) is 10.7 Å². The van der Waals surface area contributed by atoms with Gasteiger partial charge in [-0.15, -0.1) is 0 Å². The predicted molar refractivity (Wildman–Crippen MR) is 82.2 cm³/mol. The number of likely N-dealkylation sites (tertiary alicyclic amines) is 1. The van der Waals surface area contributed by atoms with E-state index < -0.39 is 5.41 Å². The standard InChI is InChI=1S/C14H19N5S/c1-9(2)19-5-3-14(4-6-19)10(7-15)12(17)18-13(20)11(14)8-16/h9,16H,3-6,17H2,1-2H3,(H,18,20). The molecular formula is C14H19N5S. The number of hydrogen-bond acceptors (Lipinski definition) is 5. The molecule has 1 spiro atoms. The molecule has 0 bridgehead atoms. The van der Waals surface area contributed by atoms with Gasteiger partial charge < -0.3 is 16.0 Å². The molecule has 4 N–H and O–H groups in total. The molecule has 2 heterocycles. The highest BCUT2D eigenvalue weighted by atomic mass is 32.1. The molecular weight excluding hydrogens is 270 g/mol. The topological polar surface area (TPSA) is 88.9 Å². The van der Waals surface area contributed by atoms with Gasteiger partial charge in [0.25, 0.3) is 0 Å². The molecule has 1 fully saturated rings. The summed E-state index contributed by atoms with van der Waals surface area (Å²) in [5.41, 5.74) is 6.51. The van der Waals surface area contributed by atoms with Crippen molar-refractivity contribution in [3.63, 3.8) is 0 Å². The molecule has 0 aromatic carbocycles. The van der Waals surface area contributed by atoms with Crippen LogP contribution in [0.2, 0.25) is 0 Å². The summed E-state index contributed by atoms with van der Waals surface area (Å²) in [4.78, 5) is 2.79. The lowest BCUT2D eigenvalue weighted by molar-refractivity contribution is 0.129. The van der Waals surface area contributed by atoms with E-state index in [0.29, 0.717) is 28.0 Å². The first-order valence-electron chi connectivity index (χ1n) is 6.72. The van der Waals surface area contributed by atoms with E-state index in [2.05, 4.69) is 36.0 Å². The average molecular weight is 289 g/mol. The first-order valence-corrected chi connectivity index (χ1v) is 7.13. The van der Waals surface area contributed by atoms with Gasteiger partial charge in [-0.05, 0) is 45.6 Å². The maximum absolute atomic E-state index is 9.47. The van der Waals surface area contributed by atoms with Crippen LogP contribution in [-0.4, -0.2) is 34.9 Å². The van der Waals surface area contributed by atoms with E-state index in [9.17, 15) is 5.26 Å². The van der Waals surface area contributed by atoms with Crippen molar-refractivity contribution in [3.05, 3.63) is 17.0 Å². The van der Waals surface area contributed by atoms with Crippen molar-refractivity contribution in [2.45, 2.75) is 32.7 Å². The van der Waals surface area contributed by atoms with Crippen molar-refractivity contribution in [1.82, 2.24) is 10.2 Å². The third kappa shape index (κ3) is 2.14. The zero-order valence-electron chi connectivity index (χ0n) is 11.8. The van der Waals surface area contributed by atoms with Crippen molar-refractivity contribution < 1.29 is 0 Å². The molecule has 1 saturated heterocycles. The number of allylic oxidation sites excluding steroid dienone is 1. The molecule has 0 aromatic rings. The maximum Gasteiger partial charge on any atom is 0.118 e. The fraction of sp³-hybridized carbons (Fsp3) is 0.571. The molecule has 6 heteroatoms. The fourth-order valence-electron chi connectivity index (χ4n) is 3.11. The quantitative estimate of drug-likeness (QED) is 0.384.